The molecule has 2 amide bonds. The highest BCUT2D eigenvalue weighted by atomic mass is 35.5. The highest BCUT2D eigenvalue weighted by Gasteiger charge is 2.28. The lowest BCUT2D eigenvalue weighted by molar-refractivity contribution is -0.123. The number of anilines is 1. The summed E-state index contributed by atoms with van der Waals surface area (Å²) in [6, 6.07) is 21.3. The quantitative estimate of drug-likeness (QED) is 0.216. The van der Waals surface area contributed by atoms with Crippen LogP contribution in [0.4, 0.5) is 5.69 Å². The molecule has 0 fully saturated rings. The van der Waals surface area contributed by atoms with E-state index in [9.17, 15) is 9.59 Å². The molecule has 0 saturated heterocycles. The molecule has 10 heteroatoms. The number of hydrogen-bond acceptors (Lipinski definition) is 6. The molecular formula is C30H25Cl2N3O5. The lowest BCUT2D eigenvalue weighted by atomic mass is 9.93. The molecule has 1 aliphatic carbocycles. The second-order valence-corrected chi connectivity index (χ2v) is 9.90. The molecule has 0 saturated carbocycles. The van der Waals surface area contributed by atoms with Crippen molar-refractivity contribution in [3.63, 3.8) is 0 Å². The van der Waals surface area contributed by atoms with Crippen molar-refractivity contribution in [3.8, 4) is 17.2 Å². The molecule has 0 unspecified atom stereocenters. The number of amides is 2. The van der Waals surface area contributed by atoms with Crippen LogP contribution >= 0.6 is 23.2 Å². The van der Waals surface area contributed by atoms with E-state index in [0.29, 0.717) is 57.1 Å². The summed E-state index contributed by atoms with van der Waals surface area (Å²) in [4.78, 5) is 25.5. The van der Waals surface area contributed by atoms with Gasteiger partial charge in [-0.05, 0) is 74.4 Å². The normalized spacial score (nSPS) is 13.4. The summed E-state index contributed by atoms with van der Waals surface area (Å²) in [5.41, 5.74) is 5.16. The van der Waals surface area contributed by atoms with Crippen LogP contribution in [-0.4, -0.2) is 24.1 Å². The predicted octanol–water partition coefficient (Wildman–Crippen LogP) is 7.18. The number of carbonyl (C=O) groups is 2. The Morgan fingerprint density at radius 3 is 2.48 bits per heavy atom. The van der Waals surface area contributed by atoms with Crippen molar-refractivity contribution in [1.29, 1.82) is 0 Å². The summed E-state index contributed by atoms with van der Waals surface area (Å²) in [6.07, 6.45) is 2.07. The van der Waals surface area contributed by atoms with E-state index in [1.807, 2.05) is 37.3 Å². The number of benzene rings is 3. The number of halogens is 2. The van der Waals surface area contributed by atoms with Gasteiger partial charge < -0.3 is 19.2 Å². The first-order valence-electron chi connectivity index (χ1n) is 12.6. The van der Waals surface area contributed by atoms with E-state index < -0.39 is 5.91 Å². The molecule has 0 atom stereocenters. The molecule has 8 nitrogen and oxygen atoms in total. The monoisotopic (exact) mass is 577 g/mol. The van der Waals surface area contributed by atoms with Crippen molar-refractivity contribution in [2.24, 2.45) is 5.10 Å². The molecule has 5 rings (SSSR count). The Labute approximate surface area is 240 Å². The molecule has 0 radical (unpaired) electrons. The smallest absolute Gasteiger partial charge is 0.291 e. The number of hydrazone groups is 1. The molecule has 0 aliphatic heterocycles. The molecule has 40 heavy (non-hydrogen) atoms. The lowest BCUT2D eigenvalue weighted by Crippen LogP contribution is -2.27. The zero-order chi connectivity index (χ0) is 28.1. The second kappa shape index (κ2) is 12.3. The zero-order valence-electron chi connectivity index (χ0n) is 21.5. The van der Waals surface area contributed by atoms with Crippen LogP contribution < -0.4 is 20.2 Å². The van der Waals surface area contributed by atoms with Crippen molar-refractivity contribution < 1.29 is 23.5 Å². The maximum Gasteiger partial charge on any atom is 0.291 e. The fourth-order valence-corrected chi connectivity index (χ4v) is 4.78. The topological polar surface area (TPSA) is 102 Å². The number of fused-ring (bicyclic) bond motifs is 1. The van der Waals surface area contributed by atoms with Crippen LogP contribution in [0.1, 0.15) is 40.3 Å². The van der Waals surface area contributed by atoms with Crippen molar-refractivity contribution in [1.82, 2.24) is 5.43 Å². The van der Waals surface area contributed by atoms with Gasteiger partial charge in [-0.15, -0.1) is 0 Å². The van der Waals surface area contributed by atoms with Gasteiger partial charge in [0.1, 0.15) is 23.0 Å². The van der Waals surface area contributed by atoms with Gasteiger partial charge in [0.05, 0.1) is 10.7 Å². The summed E-state index contributed by atoms with van der Waals surface area (Å²) < 4.78 is 17.2. The Bertz CT molecular complexity index is 1570. The van der Waals surface area contributed by atoms with Crippen molar-refractivity contribution in [2.45, 2.75) is 26.2 Å². The Hall–Kier alpha value is -4.27. The largest absolute Gasteiger partial charge is 0.482 e. The summed E-state index contributed by atoms with van der Waals surface area (Å²) >= 11 is 12.0. The van der Waals surface area contributed by atoms with Gasteiger partial charge in [-0.1, -0.05) is 41.4 Å². The predicted molar refractivity (Wildman–Crippen MR) is 154 cm³/mol. The van der Waals surface area contributed by atoms with E-state index in [0.717, 1.165) is 17.7 Å². The van der Waals surface area contributed by atoms with Crippen LogP contribution in [0, 0.1) is 6.92 Å². The Kier molecular flexibility index (Phi) is 8.38. The molecule has 1 aromatic heterocycles. The number of ether oxygens (including phenoxy) is 2. The van der Waals surface area contributed by atoms with Crippen molar-refractivity contribution >= 4 is 46.4 Å². The third-order valence-electron chi connectivity index (χ3n) is 6.19. The number of aryl methyl sites for hydroxylation is 1. The molecule has 204 valence electrons. The van der Waals surface area contributed by atoms with Crippen LogP contribution in [-0.2, 0) is 11.2 Å². The highest BCUT2D eigenvalue weighted by molar-refractivity contribution is 6.35. The first-order valence-corrected chi connectivity index (χ1v) is 13.3. The van der Waals surface area contributed by atoms with Gasteiger partial charge in [-0.25, -0.2) is 5.43 Å². The summed E-state index contributed by atoms with van der Waals surface area (Å²) in [7, 11) is 0. The standard InChI is InChI=1S/C30H25Cl2N3O5/c1-18-28-24(34-35-27(36)17-38-25-15-10-19(31)16-23(25)32)8-5-9-26(28)40-29(18)30(37)33-20-11-13-22(14-12-20)39-21-6-3-2-4-7-21/h2-4,6-7,10-16H,5,8-9,17H2,1H3,(H,33,37)(H,35,36)/b34-24+. The summed E-state index contributed by atoms with van der Waals surface area (Å²) in [5, 5.41) is 7.96. The van der Waals surface area contributed by atoms with Crippen LogP contribution in [0.15, 0.2) is 82.3 Å². The molecule has 3 aromatic carbocycles. The number of nitrogens with one attached hydrogen (secondary N) is 2. The molecule has 0 bridgehead atoms. The van der Waals surface area contributed by atoms with Crippen molar-refractivity contribution in [2.75, 3.05) is 11.9 Å². The van der Waals surface area contributed by atoms with Gasteiger partial charge >= 0.3 is 0 Å². The number of para-hydroxylation sites is 1. The fourth-order valence-electron chi connectivity index (χ4n) is 4.31. The third kappa shape index (κ3) is 6.47. The van der Waals surface area contributed by atoms with Gasteiger partial charge in [0.15, 0.2) is 12.4 Å². The molecule has 4 aromatic rings. The zero-order valence-corrected chi connectivity index (χ0v) is 23.0. The minimum Gasteiger partial charge on any atom is -0.482 e. The van der Waals surface area contributed by atoms with Gasteiger partial charge in [0, 0.05) is 28.3 Å². The van der Waals surface area contributed by atoms with Crippen molar-refractivity contribution in [3.05, 3.63) is 105 Å². The number of nitrogens with zero attached hydrogens (tertiary/aromatic N) is 1. The van der Waals surface area contributed by atoms with Gasteiger partial charge in [-0.2, -0.15) is 5.10 Å². The van der Waals surface area contributed by atoms with Crippen LogP contribution in [0.3, 0.4) is 0 Å². The Morgan fingerprint density at radius 1 is 0.975 bits per heavy atom. The average molecular weight is 578 g/mol. The average Bonchev–Trinajstić information content (AvgIpc) is 3.30. The molecule has 0 spiro atoms. The van der Waals surface area contributed by atoms with E-state index in [-0.39, 0.29) is 18.3 Å². The van der Waals surface area contributed by atoms with E-state index in [1.165, 1.54) is 6.07 Å². The van der Waals surface area contributed by atoms with E-state index in [2.05, 4.69) is 15.8 Å². The second-order valence-electron chi connectivity index (χ2n) is 9.06. The Morgan fingerprint density at radius 2 is 1.73 bits per heavy atom. The summed E-state index contributed by atoms with van der Waals surface area (Å²) in [6.45, 7) is 1.53. The third-order valence-corrected chi connectivity index (χ3v) is 6.72. The van der Waals surface area contributed by atoms with Gasteiger partial charge in [-0.3, -0.25) is 9.59 Å². The Balaban J connectivity index is 1.23. The first-order chi connectivity index (χ1) is 19.4. The van der Waals surface area contributed by atoms with Gasteiger partial charge in [0.2, 0.25) is 0 Å². The fraction of sp³-hybridized carbons (Fsp3) is 0.167. The number of rotatable bonds is 8. The minimum absolute atomic E-state index is 0.205. The summed E-state index contributed by atoms with van der Waals surface area (Å²) in [5.74, 6) is 1.76. The maximum absolute atomic E-state index is 13.1. The minimum atomic E-state index is -0.454. The van der Waals surface area contributed by atoms with E-state index >= 15 is 0 Å². The first kappa shape index (κ1) is 27.3. The number of furan rings is 1. The SMILES string of the molecule is Cc1c(C(=O)Nc2ccc(Oc3ccccc3)cc2)oc2c1/C(=N/NC(=O)COc1ccc(Cl)cc1Cl)CCC2. The van der Waals surface area contributed by atoms with E-state index in [1.54, 1.807) is 36.4 Å². The molecule has 1 heterocycles. The number of carbonyl (C=O) groups excluding carboxylic acids is 2. The molecule has 1 aliphatic rings. The number of hydrogen-bond donors (Lipinski definition) is 2. The van der Waals surface area contributed by atoms with Crippen LogP contribution in [0.2, 0.25) is 10.0 Å². The highest BCUT2D eigenvalue weighted by Crippen LogP contribution is 2.31. The maximum atomic E-state index is 13.1. The van der Waals surface area contributed by atoms with Crippen LogP contribution in [0.25, 0.3) is 0 Å². The molecular weight excluding hydrogens is 553 g/mol. The lowest BCUT2D eigenvalue weighted by Gasteiger charge is -2.13. The molecule has 2 N–H and O–H groups in total. The van der Waals surface area contributed by atoms with Gasteiger partial charge in [0.25, 0.3) is 11.8 Å². The van der Waals surface area contributed by atoms with Crippen LogP contribution in [0.5, 0.6) is 17.2 Å². The van der Waals surface area contributed by atoms with E-state index in [4.69, 9.17) is 37.1 Å².